The lowest BCUT2D eigenvalue weighted by Crippen LogP contribution is -2.41. The summed E-state index contributed by atoms with van der Waals surface area (Å²) in [5.74, 6) is -4.80. The summed E-state index contributed by atoms with van der Waals surface area (Å²) in [5.41, 5.74) is -1.96. The van der Waals surface area contributed by atoms with E-state index < -0.39 is 68.9 Å². The van der Waals surface area contributed by atoms with Gasteiger partial charge in [0.15, 0.2) is 0 Å². The summed E-state index contributed by atoms with van der Waals surface area (Å²) in [6.45, 7) is 7.64. The third kappa shape index (κ3) is 6.60. The van der Waals surface area contributed by atoms with Crippen LogP contribution >= 0.6 is 0 Å². The largest absolute Gasteiger partial charge is 0.598 e. The molecule has 0 aliphatic heterocycles. The molecule has 2 N–H and O–H groups in total. The first-order chi connectivity index (χ1) is 17.6. The lowest BCUT2D eigenvalue weighted by molar-refractivity contribution is -0.148. The van der Waals surface area contributed by atoms with Gasteiger partial charge in [-0.1, -0.05) is 6.07 Å². The summed E-state index contributed by atoms with van der Waals surface area (Å²) in [7, 11) is 0. The van der Waals surface area contributed by atoms with Gasteiger partial charge in [0.25, 0.3) is 0 Å². The van der Waals surface area contributed by atoms with Crippen LogP contribution in [0, 0.1) is 31.4 Å². The standard InChI is InChI=1S/C27H32F5NO4S/c1-6-36-25(34)16(13-26(4,5)38(33)35)11-19-23(28)18(12-20(24(19)29)27(30,31)32)22-14(2)7-10-21(15(22)3)37-17-8-9-17/h7,10,12,16-17H,6,8-9,11,13,33H2,1-5H3. The molecule has 0 heterocycles. The summed E-state index contributed by atoms with van der Waals surface area (Å²) in [6, 6.07) is 3.74. The molecular weight excluding hydrogens is 529 g/mol. The zero-order valence-corrected chi connectivity index (χ0v) is 22.7. The Labute approximate surface area is 222 Å². The summed E-state index contributed by atoms with van der Waals surface area (Å²) >= 11 is -1.94. The summed E-state index contributed by atoms with van der Waals surface area (Å²) < 4.78 is 95.1. The first-order valence-electron chi connectivity index (χ1n) is 12.3. The average Bonchev–Trinajstić information content (AvgIpc) is 3.62. The molecule has 1 aliphatic rings. The van der Waals surface area contributed by atoms with Crippen molar-refractivity contribution in [3.63, 3.8) is 0 Å². The number of nitrogens with two attached hydrogens (primary N) is 1. The molecule has 0 amide bonds. The highest BCUT2D eigenvalue weighted by atomic mass is 32.2. The zero-order valence-electron chi connectivity index (χ0n) is 21.9. The number of rotatable bonds is 10. The Morgan fingerprint density at radius 2 is 1.82 bits per heavy atom. The molecule has 210 valence electrons. The number of aryl methyl sites for hydroxylation is 1. The molecule has 0 radical (unpaired) electrons. The molecule has 38 heavy (non-hydrogen) atoms. The number of carbonyl (C=O) groups excluding carboxylic acids is 1. The number of esters is 1. The molecule has 0 saturated heterocycles. The Kier molecular flexibility index (Phi) is 9.05. The molecule has 0 bridgehead atoms. The van der Waals surface area contributed by atoms with E-state index in [9.17, 15) is 22.5 Å². The van der Waals surface area contributed by atoms with Gasteiger partial charge >= 0.3 is 12.1 Å². The predicted molar refractivity (Wildman–Crippen MR) is 135 cm³/mol. The zero-order chi connectivity index (χ0) is 28.6. The second kappa shape index (κ2) is 11.4. The SMILES string of the molecule is CCOC(=O)C(Cc1c(F)c(-c2c(C)ccc(OC3CC3)c2C)cc(C(F)(F)F)c1F)CC(C)(C)[S+](N)[O-]. The van der Waals surface area contributed by atoms with Crippen molar-refractivity contribution < 1.29 is 40.8 Å². The summed E-state index contributed by atoms with van der Waals surface area (Å²) in [4.78, 5) is 12.7. The summed E-state index contributed by atoms with van der Waals surface area (Å²) in [6.07, 6.45) is -4.44. The van der Waals surface area contributed by atoms with E-state index in [4.69, 9.17) is 14.6 Å². The topological polar surface area (TPSA) is 84.6 Å². The Bertz CT molecular complexity index is 1200. The van der Waals surface area contributed by atoms with E-state index in [1.165, 1.54) is 20.8 Å². The fourth-order valence-electron chi connectivity index (χ4n) is 4.42. The van der Waals surface area contributed by atoms with Gasteiger partial charge in [-0.25, -0.2) is 8.78 Å². The highest BCUT2D eigenvalue weighted by Gasteiger charge is 2.41. The van der Waals surface area contributed by atoms with Gasteiger partial charge in [0.05, 0.1) is 24.2 Å². The molecule has 5 nitrogen and oxygen atoms in total. The van der Waals surface area contributed by atoms with Gasteiger partial charge in [0, 0.05) is 28.9 Å². The van der Waals surface area contributed by atoms with Crippen LogP contribution in [0.15, 0.2) is 18.2 Å². The minimum absolute atomic E-state index is 0.00888. The highest BCUT2D eigenvalue weighted by molar-refractivity contribution is 7.90. The molecule has 0 aromatic heterocycles. The third-order valence-corrected chi connectivity index (χ3v) is 7.92. The van der Waals surface area contributed by atoms with Gasteiger partial charge in [0.1, 0.15) is 22.1 Å². The number of hydrogen-bond donors (Lipinski definition) is 1. The Hall–Kier alpha value is -2.37. The van der Waals surface area contributed by atoms with Crippen molar-refractivity contribution in [1.29, 1.82) is 0 Å². The molecule has 0 spiro atoms. The van der Waals surface area contributed by atoms with E-state index in [0.717, 1.165) is 12.8 Å². The van der Waals surface area contributed by atoms with Gasteiger partial charge in [-0.2, -0.15) is 18.3 Å². The van der Waals surface area contributed by atoms with E-state index >= 15 is 8.78 Å². The fourth-order valence-corrected chi connectivity index (χ4v) is 4.78. The first kappa shape index (κ1) is 30.2. The second-order valence-electron chi connectivity index (χ2n) is 10.2. The second-order valence-corrected chi connectivity index (χ2v) is 11.9. The van der Waals surface area contributed by atoms with Crippen molar-refractivity contribution in [2.24, 2.45) is 11.1 Å². The van der Waals surface area contributed by atoms with Crippen molar-refractivity contribution in [2.75, 3.05) is 6.61 Å². The maximum atomic E-state index is 16.1. The molecule has 2 atom stereocenters. The van der Waals surface area contributed by atoms with E-state index in [2.05, 4.69) is 0 Å². The van der Waals surface area contributed by atoms with Crippen LogP contribution in [-0.4, -0.2) is 28.0 Å². The minimum Gasteiger partial charge on any atom is -0.598 e. The van der Waals surface area contributed by atoms with Crippen LogP contribution < -0.4 is 9.88 Å². The number of benzene rings is 2. The quantitative estimate of drug-likeness (QED) is 0.208. The van der Waals surface area contributed by atoms with Crippen LogP contribution in [0.3, 0.4) is 0 Å². The van der Waals surface area contributed by atoms with Gasteiger partial charge in [-0.15, -0.1) is 0 Å². The number of halogens is 5. The molecule has 1 saturated carbocycles. The monoisotopic (exact) mass is 561 g/mol. The molecule has 3 rings (SSSR count). The molecule has 1 fully saturated rings. The van der Waals surface area contributed by atoms with Crippen LogP contribution in [0.4, 0.5) is 22.0 Å². The van der Waals surface area contributed by atoms with Crippen LogP contribution in [0.2, 0.25) is 0 Å². The maximum absolute atomic E-state index is 16.1. The van der Waals surface area contributed by atoms with Gasteiger partial charge in [-0.3, -0.25) is 4.79 Å². The highest BCUT2D eigenvalue weighted by Crippen LogP contribution is 2.43. The molecular formula is C27H32F5NO4S. The van der Waals surface area contributed by atoms with Crippen molar-refractivity contribution in [1.82, 2.24) is 0 Å². The predicted octanol–water partition coefficient (Wildman–Crippen LogP) is 6.32. The van der Waals surface area contributed by atoms with Crippen LogP contribution in [0.1, 0.15) is 62.3 Å². The van der Waals surface area contributed by atoms with E-state index in [1.54, 1.807) is 26.0 Å². The smallest absolute Gasteiger partial charge is 0.419 e. The van der Waals surface area contributed by atoms with Crippen molar-refractivity contribution in [2.45, 2.75) is 77.3 Å². The number of hydrogen-bond acceptors (Lipinski definition) is 5. The average molecular weight is 562 g/mol. The van der Waals surface area contributed by atoms with Gasteiger partial charge < -0.3 is 14.0 Å². The van der Waals surface area contributed by atoms with E-state index in [1.807, 2.05) is 0 Å². The van der Waals surface area contributed by atoms with Crippen LogP contribution in [0.5, 0.6) is 5.75 Å². The molecule has 11 heteroatoms. The van der Waals surface area contributed by atoms with Gasteiger partial charge in [0.2, 0.25) is 0 Å². The molecule has 1 aliphatic carbocycles. The van der Waals surface area contributed by atoms with Crippen LogP contribution in [0.25, 0.3) is 11.1 Å². The fraction of sp³-hybridized carbons (Fsp3) is 0.519. The van der Waals surface area contributed by atoms with E-state index in [0.29, 0.717) is 22.9 Å². The molecule has 2 unspecified atom stereocenters. The normalized spacial score (nSPS) is 15.8. The van der Waals surface area contributed by atoms with E-state index in [-0.39, 0.29) is 24.7 Å². The van der Waals surface area contributed by atoms with Crippen molar-refractivity contribution >= 4 is 17.3 Å². The molecule has 2 aromatic rings. The maximum Gasteiger partial charge on any atom is 0.419 e. The Balaban J connectivity index is 2.21. The van der Waals surface area contributed by atoms with Crippen LogP contribution in [-0.2, 0) is 33.5 Å². The van der Waals surface area contributed by atoms with Crippen molar-refractivity contribution in [3.8, 4) is 16.9 Å². The Morgan fingerprint density at radius 3 is 2.34 bits per heavy atom. The van der Waals surface area contributed by atoms with Crippen molar-refractivity contribution in [3.05, 3.63) is 52.1 Å². The summed E-state index contributed by atoms with van der Waals surface area (Å²) in [5, 5.41) is 5.52. The number of alkyl halides is 3. The van der Waals surface area contributed by atoms with Gasteiger partial charge in [-0.05, 0) is 82.7 Å². The number of ether oxygens (including phenoxy) is 2. The minimum atomic E-state index is -5.14. The third-order valence-electron chi connectivity index (χ3n) is 6.66. The lowest BCUT2D eigenvalue weighted by atomic mass is 9.86. The first-order valence-corrected chi connectivity index (χ1v) is 13.5. The number of carbonyl (C=O) groups is 1. The molecule has 2 aromatic carbocycles. The lowest BCUT2D eigenvalue weighted by Gasteiger charge is -2.28. The Morgan fingerprint density at radius 1 is 1.18 bits per heavy atom.